The minimum absolute atomic E-state index is 0.284. The smallest absolute Gasteiger partial charge is 0.333 e. The normalized spacial score (nSPS) is 39.4. The van der Waals surface area contributed by atoms with Gasteiger partial charge in [0.1, 0.15) is 0 Å². The molecule has 0 aromatic carbocycles. The van der Waals surface area contributed by atoms with Crippen molar-refractivity contribution in [1.29, 1.82) is 0 Å². The minimum atomic E-state index is -0.284. The molecule has 3 nitrogen and oxygen atoms in total. The predicted molar refractivity (Wildman–Crippen MR) is 81.2 cm³/mol. The van der Waals surface area contributed by atoms with E-state index in [-0.39, 0.29) is 5.97 Å². The number of carbonyl (C=O) groups excluding carboxylic acids is 1. The Morgan fingerprint density at radius 1 is 1.29 bits per heavy atom. The van der Waals surface area contributed by atoms with Gasteiger partial charge in [-0.25, -0.2) is 4.79 Å². The molecule has 0 saturated heterocycles. The van der Waals surface area contributed by atoms with Crippen LogP contribution < -0.4 is 0 Å². The second-order valence-electron chi connectivity index (χ2n) is 6.85. The Bertz CT molecular complexity index is 519. The molecule has 21 heavy (non-hydrogen) atoms. The molecule has 114 valence electrons. The van der Waals surface area contributed by atoms with Gasteiger partial charge >= 0.3 is 5.97 Å². The number of hydrogen-bond acceptors (Lipinski definition) is 3. The number of esters is 1. The highest BCUT2D eigenvalue weighted by Gasteiger charge is 2.63. The molecule has 0 radical (unpaired) electrons. The maximum Gasteiger partial charge on any atom is 0.333 e. The second-order valence-corrected chi connectivity index (χ2v) is 6.85. The van der Waals surface area contributed by atoms with E-state index in [4.69, 9.17) is 9.47 Å². The van der Waals surface area contributed by atoms with Gasteiger partial charge in [-0.2, -0.15) is 0 Å². The molecule has 3 heteroatoms. The summed E-state index contributed by atoms with van der Waals surface area (Å²) in [6, 6.07) is 0. The summed E-state index contributed by atoms with van der Waals surface area (Å²) in [5.74, 6) is 3.67. The molecule has 0 aromatic heterocycles. The first kappa shape index (κ1) is 14.4. The molecule has 0 aromatic rings. The molecule has 3 aliphatic carbocycles. The Balaban J connectivity index is 1.78. The molecule has 0 amide bonds. The fourth-order valence-electron chi connectivity index (χ4n) is 5.07. The Morgan fingerprint density at radius 2 is 2.00 bits per heavy atom. The van der Waals surface area contributed by atoms with Crippen LogP contribution >= 0.6 is 0 Å². The van der Waals surface area contributed by atoms with E-state index in [9.17, 15) is 4.79 Å². The second kappa shape index (κ2) is 5.04. The van der Waals surface area contributed by atoms with Gasteiger partial charge in [-0.05, 0) is 43.4 Å². The van der Waals surface area contributed by atoms with Crippen LogP contribution in [-0.2, 0) is 14.3 Å². The van der Waals surface area contributed by atoms with Crippen molar-refractivity contribution in [1.82, 2.24) is 0 Å². The Kier molecular flexibility index (Phi) is 3.46. The van der Waals surface area contributed by atoms with Crippen LogP contribution in [0.3, 0.4) is 0 Å². The average molecular weight is 288 g/mol. The van der Waals surface area contributed by atoms with E-state index in [1.807, 2.05) is 0 Å². The van der Waals surface area contributed by atoms with Gasteiger partial charge in [0.2, 0.25) is 0 Å². The van der Waals surface area contributed by atoms with E-state index in [1.54, 1.807) is 14.0 Å². The van der Waals surface area contributed by atoms with E-state index < -0.39 is 0 Å². The van der Waals surface area contributed by atoms with Crippen LogP contribution in [0.4, 0.5) is 0 Å². The van der Waals surface area contributed by atoms with Crippen molar-refractivity contribution in [2.75, 3.05) is 13.7 Å². The molecule has 0 aliphatic heterocycles. The first-order chi connectivity index (χ1) is 9.95. The van der Waals surface area contributed by atoms with E-state index in [0.717, 1.165) is 12.2 Å². The lowest BCUT2D eigenvalue weighted by molar-refractivity contribution is -0.141. The van der Waals surface area contributed by atoms with E-state index in [0.29, 0.717) is 47.7 Å². The highest BCUT2D eigenvalue weighted by atomic mass is 16.5. The molecule has 3 rings (SSSR count). The van der Waals surface area contributed by atoms with Crippen molar-refractivity contribution < 1.29 is 14.3 Å². The molecule has 6 unspecified atom stereocenters. The number of allylic oxidation sites excluding steroid dienone is 2. The minimum Gasteiger partial charge on any atom is -0.501 e. The Labute approximate surface area is 126 Å². The van der Waals surface area contributed by atoms with E-state index in [2.05, 4.69) is 19.7 Å². The standard InChI is InChI=1S/C18H24O3/c1-9(2)18(19)21-8-15-12-6-10(3)16-13(12)7-14(15)17(16)11(4)20-5/h12-17H,1,3-4,6-8H2,2,5H3. The molecule has 3 saturated carbocycles. The summed E-state index contributed by atoms with van der Waals surface area (Å²) >= 11 is 0. The van der Waals surface area contributed by atoms with Crippen molar-refractivity contribution in [2.24, 2.45) is 35.5 Å². The third-order valence-electron chi connectivity index (χ3n) is 5.86. The lowest BCUT2D eigenvalue weighted by Crippen LogP contribution is -2.34. The summed E-state index contributed by atoms with van der Waals surface area (Å²) in [5.41, 5.74) is 1.80. The summed E-state index contributed by atoms with van der Waals surface area (Å²) < 4.78 is 10.9. The fourth-order valence-corrected chi connectivity index (χ4v) is 5.07. The van der Waals surface area contributed by atoms with Crippen LogP contribution in [0.25, 0.3) is 0 Å². The number of hydrogen-bond donors (Lipinski definition) is 0. The molecule has 2 bridgehead atoms. The van der Waals surface area contributed by atoms with Crippen LogP contribution in [0.1, 0.15) is 19.8 Å². The van der Waals surface area contributed by atoms with E-state index >= 15 is 0 Å². The van der Waals surface area contributed by atoms with Crippen molar-refractivity contribution >= 4 is 5.97 Å². The molecule has 6 atom stereocenters. The van der Waals surface area contributed by atoms with Crippen LogP contribution in [-0.4, -0.2) is 19.7 Å². The molecule has 3 aliphatic rings. The van der Waals surface area contributed by atoms with Gasteiger partial charge in [-0.1, -0.05) is 25.3 Å². The van der Waals surface area contributed by atoms with Crippen LogP contribution in [0.2, 0.25) is 0 Å². The van der Waals surface area contributed by atoms with Crippen molar-refractivity contribution in [3.8, 4) is 0 Å². The first-order valence-electron chi connectivity index (χ1n) is 7.68. The van der Waals surface area contributed by atoms with E-state index in [1.165, 1.54) is 12.0 Å². The van der Waals surface area contributed by atoms with Gasteiger partial charge in [-0.3, -0.25) is 0 Å². The number of ether oxygens (including phenoxy) is 2. The first-order valence-corrected chi connectivity index (χ1v) is 7.68. The number of rotatable bonds is 5. The summed E-state index contributed by atoms with van der Waals surface area (Å²) in [6.45, 7) is 14.2. The monoisotopic (exact) mass is 288 g/mol. The lowest BCUT2D eigenvalue weighted by Gasteiger charge is -2.35. The van der Waals surface area contributed by atoms with Gasteiger partial charge in [-0.15, -0.1) is 0 Å². The molecule has 0 heterocycles. The van der Waals surface area contributed by atoms with Crippen LogP contribution in [0.15, 0.2) is 36.6 Å². The Hall–Kier alpha value is -1.51. The largest absolute Gasteiger partial charge is 0.501 e. The maximum atomic E-state index is 11.7. The third kappa shape index (κ3) is 2.05. The highest BCUT2D eigenvalue weighted by molar-refractivity contribution is 5.86. The molecule has 0 spiro atoms. The zero-order valence-electron chi connectivity index (χ0n) is 12.9. The topological polar surface area (TPSA) is 35.5 Å². The van der Waals surface area contributed by atoms with Crippen LogP contribution in [0, 0.1) is 35.5 Å². The maximum absolute atomic E-state index is 11.7. The predicted octanol–water partition coefficient (Wildman–Crippen LogP) is 3.34. The summed E-state index contributed by atoms with van der Waals surface area (Å²) in [5, 5.41) is 0. The quantitative estimate of drug-likeness (QED) is 0.337. The lowest BCUT2D eigenvalue weighted by atomic mass is 9.72. The van der Waals surface area contributed by atoms with Gasteiger partial charge < -0.3 is 9.47 Å². The number of carbonyl (C=O) groups is 1. The van der Waals surface area contributed by atoms with Gasteiger partial charge in [0.05, 0.1) is 19.5 Å². The summed E-state index contributed by atoms with van der Waals surface area (Å²) in [6.07, 6.45) is 2.26. The molecular formula is C18H24O3. The Morgan fingerprint density at radius 3 is 2.62 bits per heavy atom. The zero-order valence-corrected chi connectivity index (χ0v) is 12.9. The van der Waals surface area contributed by atoms with Gasteiger partial charge in [0, 0.05) is 17.4 Å². The summed E-state index contributed by atoms with van der Waals surface area (Å²) in [4.78, 5) is 11.7. The molecule has 3 fully saturated rings. The number of fused-ring (bicyclic) bond motifs is 1. The number of methoxy groups -OCH3 is 1. The van der Waals surface area contributed by atoms with Crippen LogP contribution in [0.5, 0.6) is 0 Å². The molecular weight excluding hydrogens is 264 g/mol. The van der Waals surface area contributed by atoms with Gasteiger partial charge in [0.15, 0.2) is 0 Å². The zero-order chi connectivity index (χ0) is 15.3. The van der Waals surface area contributed by atoms with Crippen molar-refractivity contribution in [3.05, 3.63) is 36.6 Å². The van der Waals surface area contributed by atoms with Crippen molar-refractivity contribution in [3.63, 3.8) is 0 Å². The molecule has 0 N–H and O–H groups in total. The van der Waals surface area contributed by atoms with Gasteiger partial charge in [0.25, 0.3) is 0 Å². The highest BCUT2D eigenvalue weighted by Crippen LogP contribution is 2.67. The third-order valence-corrected chi connectivity index (χ3v) is 5.86. The fraction of sp³-hybridized carbons (Fsp3) is 0.611. The summed E-state index contributed by atoms with van der Waals surface area (Å²) in [7, 11) is 1.69. The van der Waals surface area contributed by atoms with Crippen molar-refractivity contribution in [2.45, 2.75) is 19.8 Å². The average Bonchev–Trinajstić information content (AvgIpc) is 3.05. The SMILES string of the molecule is C=C(C)C(=O)OCC1C2CC(=C)C3C2CC1C3C(=C)OC.